The molecule has 1 saturated heterocycles. The SMILES string of the molecule is CCCC1CN(C(CO)CO)C1. The third-order valence-corrected chi connectivity index (χ3v) is 2.62. The van der Waals surface area contributed by atoms with Crippen molar-refractivity contribution in [2.24, 2.45) is 5.92 Å². The lowest BCUT2D eigenvalue weighted by Gasteiger charge is -2.43. The lowest BCUT2D eigenvalue weighted by atomic mass is 9.93. The highest BCUT2D eigenvalue weighted by Crippen LogP contribution is 2.22. The van der Waals surface area contributed by atoms with Gasteiger partial charge >= 0.3 is 0 Å². The van der Waals surface area contributed by atoms with Gasteiger partial charge in [0.15, 0.2) is 0 Å². The number of hydrogen-bond acceptors (Lipinski definition) is 3. The average Bonchev–Trinajstić information content (AvgIpc) is 2.02. The predicted octanol–water partition coefficient (Wildman–Crippen LogP) is 0.0715. The maximum atomic E-state index is 8.88. The Hall–Kier alpha value is -0.120. The molecule has 0 aromatic heterocycles. The van der Waals surface area contributed by atoms with Crippen molar-refractivity contribution in [3.05, 3.63) is 0 Å². The van der Waals surface area contributed by atoms with E-state index in [9.17, 15) is 0 Å². The molecule has 0 aromatic carbocycles. The Labute approximate surface area is 74.0 Å². The molecule has 3 nitrogen and oxygen atoms in total. The Morgan fingerprint density at radius 2 is 1.92 bits per heavy atom. The fourth-order valence-corrected chi connectivity index (χ4v) is 1.79. The molecule has 0 atom stereocenters. The minimum absolute atomic E-state index is 0.0156. The van der Waals surface area contributed by atoms with Crippen LogP contribution in [0.25, 0.3) is 0 Å². The molecule has 0 amide bonds. The molecule has 12 heavy (non-hydrogen) atoms. The standard InChI is InChI=1S/C9H19NO2/c1-2-3-8-4-10(5-8)9(6-11)7-12/h8-9,11-12H,2-7H2,1H3. The van der Waals surface area contributed by atoms with Gasteiger partial charge in [0.2, 0.25) is 0 Å². The fourth-order valence-electron chi connectivity index (χ4n) is 1.79. The third kappa shape index (κ3) is 2.19. The first-order chi connectivity index (χ1) is 5.81. The number of aliphatic hydroxyl groups excluding tert-OH is 2. The van der Waals surface area contributed by atoms with E-state index in [-0.39, 0.29) is 19.3 Å². The summed E-state index contributed by atoms with van der Waals surface area (Å²) in [4.78, 5) is 2.15. The summed E-state index contributed by atoms with van der Waals surface area (Å²) in [7, 11) is 0. The Morgan fingerprint density at radius 1 is 1.33 bits per heavy atom. The molecule has 0 bridgehead atoms. The first kappa shape index (κ1) is 9.96. The molecular formula is C9H19NO2. The maximum Gasteiger partial charge on any atom is 0.0609 e. The van der Waals surface area contributed by atoms with Gasteiger partial charge in [-0.2, -0.15) is 0 Å². The second-order valence-electron chi connectivity index (χ2n) is 3.63. The average molecular weight is 173 g/mol. The van der Waals surface area contributed by atoms with Crippen molar-refractivity contribution >= 4 is 0 Å². The molecule has 1 fully saturated rings. The monoisotopic (exact) mass is 173 g/mol. The summed E-state index contributed by atoms with van der Waals surface area (Å²) in [6, 6.07) is -0.0156. The van der Waals surface area contributed by atoms with Crippen molar-refractivity contribution in [3.63, 3.8) is 0 Å². The minimum atomic E-state index is -0.0156. The maximum absolute atomic E-state index is 8.88. The van der Waals surface area contributed by atoms with Gasteiger partial charge in [0.25, 0.3) is 0 Å². The van der Waals surface area contributed by atoms with E-state index >= 15 is 0 Å². The number of rotatable bonds is 5. The summed E-state index contributed by atoms with van der Waals surface area (Å²) in [5.74, 6) is 0.801. The zero-order valence-electron chi connectivity index (χ0n) is 7.74. The van der Waals surface area contributed by atoms with Crippen molar-refractivity contribution in [3.8, 4) is 0 Å². The van der Waals surface area contributed by atoms with E-state index in [2.05, 4.69) is 11.8 Å². The zero-order chi connectivity index (χ0) is 8.97. The topological polar surface area (TPSA) is 43.7 Å². The number of hydrogen-bond donors (Lipinski definition) is 2. The summed E-state index contributed by atoms with van der Waals surface area (Å²) < 4.78 is 0. The molecule has 0 saturated carbocycles. The molecule has 1 rings (SSSR count). The van der Waals surface area contributed by atoms with Gasteiger partial charge in [-0.3, -0.25) is 4.90 Å². The van der Waals surface area contributed by atoms with E-state index in [1.165, 1.54) is 12.8 Å². The summed E-state index contributed by atoms with van der Waals surface area (Å²) in [5, 5.41) is 17.8. The van der Waals surface area contributed by atoms with Crippen LogP contribution in [-0.4, -0.2) is 47.5 Å². The van der Waals surface area contributed by atoms with Gasteiger partial charge in [0, 0.05) is 13.1 Å². The van der Waals surface area contributed by atoms with Crippen LogP contribution in [0.3, 0.4) is 0 Å². The first-order valence-corrected chi connectivity index (χ1v) is 4.77. The van der Waals surface area contributed by atoms with Gasteiger partial charge in [0.05, 0.1) is 19.3 Å². The molecule has 0 aliphatic carbocycles. The van der Waals surface area contributed by atoms with E-state index < -0.39 is 0 Å². The zero-order valence-corrected chi connectivity index (χ0v) is 7.74. The summed E-state index contributed by atoms with van der Waals surface area (Å²) >= 11 is 0. The molecular weight excluding hydrogens is 154 g/mol. The highest BCUT2D eigenvalue weighted by Gasteiger charge is 2.30. The molecule has 1 aliphatic heterocycles. The molecule has 1 heterocycles. The molecule has 0 aromatic rings. The summed E-state index contributed by atoms with van der Waals surface area (Å²) in [6.07, 6.45) is 2.52. The van der Waals surface area contributed by atoms with Crippen LogP contribution in [-0.2, 0) is 0 Å². The van der Waals surface area contributed by atoms with Crippen molar-refractivity contribution in [2.45, 2.75) is 25.8 Å². The summed E-state index contributed by atoms with van der Waals surface area (Å²) in [5.41, 5.74) is 0. The predicted molar refractivity (Wildman–Crippen MR) is 47.9 cm³/mol. The van der Waals surface area contributed by atoms with Crippen LogP contribution >= 0.6 is 0 Å². The van der Waals surface area contributed by atoms with E-state index in [0.29, 0.717) is 0 Å². The van der Waals surface area contributed by atoms with Gasteiger partial charge in [-0.25, -0.2) is 0 Å². The van der Waals surface area contributed by atoms with Crippen LogP contribution < -0.4 is 0 Å². The fraction of sp³-hybridized carbons (Fsp3) is 1.00. The van der Waals surface area contributed by atoms with Crippen LogP contribution in [0.15, 0.2) is 0 Å². The highest BCUT2D eigenvalue weighted by atomic mass is 16.3. The number of likely N-dealkylation sites (tertiary alicyclic amines) is 1. The van der Waals surface area contributed by atoms with Crippen LogP contribution in [0.1, 0.15) is 19.8 Å². The molecule has 72 valence electrons. The number of nitrogens with zero attached hydrogens (tertiary/aromatic N) is 1. The largest absolute Gasteiger partial charge is 0.395 e. The quantitative estimate of drug-likeness (QED) is 0.618. The van der Waals surface area contributed by atoms with Crippen LogP contribution in [0.2, 0.25) is 0 Å². The van der Waals surface area contributed by atoms with Gasteiger partial charge < -0.3 is 10.2 Å². The molecule has 2 N–H and O–H groups in total. The van der Waals surface area contributed by atoms with E-state index in [1.54, 1.807) is 0 Å². The second-order valence-corrected chi connectivity index (χ2v) is 3.63. The number of aliphatic hydroxyl groups is 2. The van der Waals surface area contributed by atoms with Crippen molar-refractivity contribution < 1.29 is 10.2 Å². The lowest BCUT2D eigenvalue weighted by molar-refractivity contribution is -0.00455. The lowest BCUT2D eigenvalue weighted by Crippen LogP contribution is -2.54. The van der Waals surface area contributed by atoms with Crippen LogP contribution in [0.5, 0.6) is 0 Å². The molecule has 0 unspecified atom stereocenters. The molecule has 3 heteroatoms. The van der Waals surface area contributed by atoms with Crippen LogP contribution in [0.4, 0.5) is 0 Å². The van der Waals surface area contributed by atoms with Gasteiger partial charge in [-0.05, 0) is 12.3 Å². The Balaban J connectivity index is 2.14. The molecule has 0 spiro atoms. The van der Waals surface area contributed by atoms with Gasteiger partial charge in [-0.15, -0.1) is 0 Å². The van der Waals surface area contributed by atoms with E-state index in [0.717, 1.165) is 19.0 Å². The van der Waals surface area contributed by atoms with Crippen molar-refractivity contribution in [1.82, 2.24) is 4.90 Å². The summed E-state index contributed by atoms with van der Waals surface area (Å²) in [6.45, 7) is 4.46. The smallest absolute Gasteiger partial charge is 0.0609 e. The third-order valence-electron chi connectivity index (χ3n) is 2.62. The van der Waals surface area contributed by atoms with Gasteiger partial charge in [0.1, 0.15) is 0 Å². The second kappa shape index (κ2) is 4.80. The van der Waals surface area contributed by atoms with Crippen molar-refractivity contribution in [2.75, 3.05) is 26.3 Å². The Morgan fingerprint density at radius 3 is 2.33 bits per heavy atom. The Kier molecular flexibility index (Phi) is 3.98. The first-order valence-electron chi connectivity index (χ1n) is 4.77. The van der Waals surface area contributed by atoms with Crippen molar-refractivity contribution in [1.29, 1.82) is 0 Å². The van der Waals surface area contributed by atoms with Gasteiger partial charge in [-0.1, -0.05) is 13.3 Å². The minimum Gasteiger partial charge on any atom is -0.395 e. The van der Waals surface area contributed by atoms with E-state index in [4.69, 9.17) is 10.2 Å². The molecule has 0 radical (unpaired) electrons. The molecule has 1 aliphatic rings. The van der Waals surface area contributed by atoms with Crippen LogP contribution in [0, 0.1) is 5.92 Å². The Bertz CT molecular complexity index is 120. The highest BCUT2D eigenvalue weighted by molar-refractivity contribution is 4.84. The normalized spacial score (nSPS) is 20.0. The van der Waals surface area contributed by atoms with E-state index in [1.807, 2.05) is 0 Å².